The lowest BCUT2D eigenvalue weighted by Gasteiger charge is -2.10. The summed E-state index contributed by atoms with van der Waals surface area (Å²) >= 11 is 5.82. The maximum Gasteiger partial charge on any atom is 0.332 e. The van der Waals surface area contributed by atoms with E-state index in [1.807, 2.05) is 13.0 Å². The number of halogens is 1. The highest BCUT2D eigenvalue weighted by atomic mass is 35.5. The van der Waals surface area contributed by atoms with Gasteiger partial charge >= 0.3 is 5.69 Å². The minimum Gasteiger partial charge on any atom is -0.323 e. The third kappa shape index (κ3) is 3.00. The third-order valence-corrected chi connectivity index (χ3v) is 3.42. The Hall–Kier alpha value is -2.07. The van der Waals surface area contributed by atoms with Gasteiger partial charge in [-0.2, -0.15) is 10.2 Å². The van der Waals surface area contributed by atoms with Crippen molar-refractivity contribution < 1.29 is 0 Å². The second-order valence-electron chi connectivity index (χ2n) is 4.73. The second kappa shape index (κ2) is 6.59. The molecule has 2 aromatic rings. The van der Waals surface area contributed by atoms with E-state index in [1.54, 1.807) is 0 Å². The molecule has 0 aliphatic rings. The largest absolute Gasteiger partial charge is 0.332 e. The van der Waals surface area contributed by atoms with E-state index in [0.29, 0.717) is 25.0 Å². The van der Waals surface area contributed by atoms with Crippen LogP contribution < -0.4 is 11.2 Å². The number of H-pyrrole nitrogens is 1. The van der Waals surface area contributed by atoms with Crippen molar-refractivity contribution in [1.82, 2.24) is 19.1 Å². The molecule has 0 radical (unpaired) electrons. The minimum absolute atomic E-state index is 0.0847. The summed E-state index contributed by atoms with van der Waals surface area (Å²) in [5.74, 6) is 0. The molecule has 21 heavy (non-hydrogen) atoms. The molecule has 0 saturated carbocycles. The first-order valence-corrected chi connectivity index (χ1v) is 7.23. The van der Waals surface area contributed by atoms with Crippen LogP contribution in [0.4, 0.5) is 0 Å². The van der Waals surface area contributed by atoms with Crippen LogP contribution in [0.25, 0.3) is 11.2 Å². The Morgan fingerprint density at radius 1 is 1.29 bits per heavy atom. The highest BCUT2D eigenvalue weighted by molar-refractivity contribution is 6.28. The molecule has 0 amide bonds. The first kappa shape index (κ1) is 15.3. The molecule has 2 aromatic heterocycles. The molecule has 0 aromatic carbocycles. The Balaban J connectivity index is 2.60. The molecule has 0 aliphatic carbocycles. The molecular weight excluding hydrogens is 294 g/mol. The van der Waals surface area contributed by atoms with Gasteiger partial charge in [0, 0.05) is 19.5 Å². The normalized spacial score (nSPS) is 10.9. The smallest absolute Gasteiger partial charge is 0.323 e. The number of nitrogens with one attached hydrogen (secondary N) is 1. The number of fused-ring (bicyclic) bond motifs is 1. The number of hydrogen-bond acceptors (Lipinski definition) is 4. The molecule has 0 fully saturated rings. The van der Waals surface area contributed by atoms with Crippen LogP contribution in [0.15, 0.2) is 9.59 Å². The van der Waals surface area contributed by atoms with Crippen LogP contribution in [0, 0.1) is 11.3 Å². The lowest BCUT2D eigenvalue weighted by atomic mass is 10.3. The zero-order chi connectivity index (χ0) is 15.4. The Kier molecular flexibility index (Phi) is 4.81. The van der Waals surface area contributed by atoms with Crippen LogP contribution in [0.3, 0.4) is 0 Å². The van der Waals surface area contributed by atoms with Gasteiger partial charge < -0.3 is 4.98 Å². The first-order valence-electron chi connectivity index (χ1n) is 6.86. The summed E-state index contributed by atoms with van der Waals surface area (Å²) in [6.07, 6.45) is 2.46. The summed E-state index contributed by atoms with van der Waals surface area (Å²) in [7, 11) is 0. The van der Waals surface area contributed by atoms with Crippen molar-refractivity contribution in [3.8, 4) is 6.07 Å². The number of nitrogens with zero attached hydrogens (tertiary/aromatic N) is 4. The number of aromatic nitrogens is 4. The standard InChI is InChI=1S/C13H16ClN5O2/c1-2-3-7-18-10-9(16-12(14)17-10)11(20)19(13(18)21)8-5-4-6-15/h2-5,7-8H2,1H3,(H,16,17). The molecular formula is C13H16ClN5O2. The summed E-state index contributed by atoms with van der Waals surface area (Å²) in [6, 6.07) is 2.00. The Labute approximate surface area is 125 Å². The molecule has 0 bridgehead atoms. The molecule has 112 valence electrons. The zero-order valence-electron chi connectivity index (χ0n) is 11.7. The van der Waals surface area contributed by atoms with Crippen LogP contribution >= 0.6 is 11.6 Å². The van der Waals surface area contributed by atoms with Gasteiger partial charge in [0.15, 0.2) is 11.2 Å². The van der Waals surface area contributed by atoms with Crippen LogP contribution in [0.1, 0.15) is 32.6 Å². The fourth-order valence-corrected chi connectivity index (χ4v) is 2.34. The summed E-state index contributed by atoms with van der Waals surface area (Å²) in [5, 5.41) is 8.66. The highest BCUT2D eigenvalue weighted by Gasteiger charge is 2.16. The fourth-order valence-electron chi connectivity index (χ4n) is 2.17. The third-order valence-electron chi connectivity index (χ3n) is 3.24. The highest BCUT2D eigenvalue weighted by Crippen LogP contribution is 2.10. The summed E-state index contributed by atoms with van der Waals surface area (Å²) < 4.78 is 2.61. The molecule has 0 atom stereocenters. The van der Waals surface area contributed by atoms with Crippen LogP contribution in [0.2, 0.25) is 5.28 Å². The summed E-state index contributed by atoms with van der Waals surface area (Å²) in [5.41, 5.74) is -0.324. The van der Waals surface area contributed by atoms with Gasteiger partial charge in [0.2, 0.25) is 5.28 Å². The van der Waals surface area contributed by atoms with Crippen LogP contribution in [-0.4, -0.2) is 19.1 Å². The van der Waals surface area contributed by atoms with Gasteiger partial charge in [0.1, 0.15) is 0 Å². The van der Waals surface area contributed by atoms with Crippen LogP contribution in [-0.2, 0) is 13.1 Å². The number of nitriles is 1. The molecule has 0 aliphatic heterocycles. The summed E-state index contributed by atoms with van der Waals surface area (Å²) in [6.45, 7) is 2.71. The van der Waals surface area contributed by atoms with Crippen molar-refractivity contribution in [3.05, 3.63) is 26.1 Å². The quantitative estimate of drug-likeness (QED) is 0.648. The fraction of sp³-hybridized carbons (Fsp3) is 0.538. The first-order chi connectivity index (χ1) is 10.1. The topological polar surface area (TPSA) is 96.5 Å². The predicted molar refractivity (Wildman–Crippen MR) is 79.4 cm³/mol. The average molecular weight is 310 g/mol. The van der Waals surface area contributed by atoms with E-state index in [4.69, 9.17) is 16.9 Å². The van der Waals surface area contributed by atoms with E-state index in [2.05, 4.69) is 9.97 Å². The van der Waals surface area contributed by atoms with Gasteiger partial charge in [0.05, 0.1) is 6.07 Å². The van der Waals surface area contributed by atoms with Crippen molar-refractivity contribution in [2.24, 2.45) is 0 Å². The van der Waals surface area contributed by atoms with Crippen LogP contribution in [0.5, 0.6) is 0 Å². The van der Waals surface area contributed by atoms with E-state index in [0.717, 1.165) is 17.4 Å². The molecule has 2 heterocycles. The SMILES string of the molecule is CCCCn1c(=O)n(CCCC#N)c(=O)c2[nH]c(Cl)nc21. The Morgan fingerprint density at radius 2 is 2.00 bits per heavy atom. The second-order valence-corrected chi connectivity index (χ2v) is 5.09. The van der Waals surface area contributed by atoms with Gasteiger partial charge in [-0.25, -0.2) is 4.79 Å². The van der Waals surface area contributed by atoms with Crippen molar-refractivity contribution in [2.75, 3.05) is 0 Å². The number of rotatable bonds is 6. The van der Waals surface area contributed by atoms with Gasteiger partial charge in [-0.15, -0.1) is 0 Å². The molecule has 1 N–H and O–H groups in total. The van der Waals surface area contributed by atoms with E-state index >= 15 is 0 Å². The lowest BCUT2D eigenvalue weighted by molar-refractivity contribution is 0.536. The Morgan fingerprint density at radius 3 is 2.67 bits per heavy atom. The monoisotopic (exact) mass is 309 g/mol. The van der Waals surface area contributed by atoms with Crippen molar-refractivity contribution in [2.45, 2.75) is 45.7 Å². The van der Waals surface area contributed by atoms with Crippen molar-refractivity contribution in [1.29, 1.82) is 5.26 Å². The number of aromatic amines is 1. The van der Waals surface area contributed by atoms with E-state index < -0.39 is 11.2 Å². The Bertz CT molecular complexity index is 796. The lowest BCUT2D eigenvalue weighted by Crippen LogP contribution is -2.40. The molecule has 0 unspecified atom stereocenters. The summed E-state index contributed by atoms with van der Waals surface area (Å²) in [4.78, 5) is 31.5. The van der Waals surface area contributed by atoms with E-state index in [1.165, 1.54) is 4.57 Å². The van der Waals surface area contributed by atoms with Gasteiger partial charge in [0.25, 0.3) is 5.56 Å². The maximum absolute atomic E-state index is 12.5. The molecule has 8 heteroatoms. The maximum atomic E-state index is 12.5. The van der Waals surface area contributed by atoms with Crippen molar-refractivity contribution >= 4 is 22.8 Å². The number of imidazole rings is 1. The molecule has 0 saturated heterocycles. The van der Waals surface area contributed by atoms with E-state index in [-0.39, 0.29) is 17.3 Å². The molecule has 2 rings (SSSR count). The minimum atomic E-state index is -0.444. The van der Waals surface area contributed by atoms with Gasteiger partial charge in [-0.3, -0.25) is 13.9 Å². The number of unbranched alkanes of at least 4 members (excludes halogenated alkanes) is 2. The van der Waals surface area contributed by atoms with E-state index in [9.17, 15) is 9.59 Å². The number of aryl methyl sites for hydroxylation is 1. The zero-order valence-corrected chi connectivity index (χ0v) is 12.5. The molecule has 7 nitrogen and oxygen atoms in total. The average Bonchev–Trinajstić information content (AvgIpc) is 2.84. The number of hydrogen-bond donors (Lipinski definition) is 1. The van der Waals surface area contributed by atoms with Gasteiger partial charge in [-0.05, 0) is 24.4 Å². The predicted octanol–water partition coefficient (Wildman–Crippen LogP) is 1.64. The van der Waals surface area contributed by atoms with Gasteiger partial charge in [-0.1, -0.05) is 13.3 Å². The molecule has 0 spiro atoms. The van der Waals surface area contributed by atoms with Crippen molar-refractivity contribution in [3.63, 3.8) is 0 Å².